The number of para-hydroxylation sites is 1. The molecule has 32 heavy (non-hydrogen) atoms. The number of carbonyl (C=O) groups is 1. The van der Waals surface area contributed by atoms with Crippen molar-refractivity contribution in [3.05, 3.63) is 83.2 Å². The second kappa shape index (κ2) is 9.50. The van der Waals surface area contributed by atoms with Crippen LogP contribution in [0.15, 0.2) is 65.6 Å². The number of hydrogen-bond acceptors (Lipinski definition) is 5. The van der Waals surface area contributed by atoms with Crippen LogP contribution in [-0.4, -0.2) is 25.7 Å². The van der Waals surface area contributed by atoms with Gasteiger partial charge in [0, 0.05) is 29.0 Å². The number of halogens is 1. The molecule has 0 spiro atoms. The van der Waals surface area contributed by atoms with Crippen LogP contribution in [0.4, 0.5) is 4.39 Å². The highest BCUT2D eigenvalue weighted by atomic mass is 32.2. The van der Waals surface area contributed by atoms with Gasteiger partial charge in [-0.25, -0.2) is 12.8 Å². The van der Waals surface area contributed by atoms with Crippen LogP contribution in [0.2, 0.25) is 0 Å². The van der Waals surface area contributed by atoms with Crippen LogP contribution < -0.4 is 10.5 Å². The standard InChI is InChI=1S/C24H24FNO5S/c1-15(26)20-7-5-8-21(24(20)25)18-10-16(11-19(12-18)32(2,29)30)14-31-22-9-4-3-6-17(22)13-23(27)28/h3-12,15H,13-14,26H2,1-2H3,(H,27,28)/t15-/m1/s1. The van der Waals surface area contributed by atoms with Crippen LogP contribution in [-0.2, 0) is 27.7 Å². The molecule has 0 aromatic heterocycles. The van der Waals surface area contributed by atoms with E-state index in [2.05, 4.69) is 0 Å². The highest BCUT2D eigenvalue weighted by Gasteiger charge is 2.17. The SMILES string of the molecule is C[C@@H](N)c1cccc(-c2cc(COc3ccccc3CC(=O)O)cc(S(C)(=O)=O)c2)c1F. The average Bonchev–Trinajstić information content (AvgIpc) is 2.72. The average molecular weight is 458 g/mol. The van der Waals surface area contributed by atoms with E-state index in [1.54, 1.807) is 55.5 Å². The minimum atomic E-state index is -3.58. The molecule has 0 amide bonds. The lowest BCUT2D eigenvalue weighted by molar-refractivity contribution is -0.136. The smallest absolute Gasteiger partial charge is 0.307 e. The van der Waals surface area contributed by atoms with E-state index in [4.69, 9.17) is 15.6 Å². The summed E-state index contributed by atoms with van der Waals surface area (Å²) in [5, 5.41) is 9.09. The number of aliphatic carboxylic acids is 1. The van der Waals surface area contributed by atoms with Gasteiger partial charge in [0.05, 0.1) is 11.3 Å². The number of hydrogen-bond donors (Lipinski definition) is 2. The highest BCUT2D eigenvalue weighted by molar-refractivity contribution is 7.90. The fourth-order valence-electron chi connectivity index (χ4n) is 3.35. The summed E-state index contributed by atoms with van der Waals surface area (Å²) in [6.07, 6.45) is 0.869. The van der Waals surface area contributed by atoms with Gasteiger partial charge < -0.3 is 15.6 Å². The van der Waals surface area contributed by atoms with Gasteiger partial charge in [0.2, 0.25) is 0 Å². The van der Waals surface area contributed by atoms with Gasteiger partial charge in [-0.1, -0.05) is 36.4 Å². The molecule has 3 aromatic rings. The fraction of sp³-hybridized carbons (Fsp3) is 0.208. The van der Waals surface area contributed by atoms with Crippen LogP contribution >= 0.6 is 0 Å². The van der Waals surface area contributed by atoms with Gasteiger partial charge in [-0.15, -0.1) is 0 Å². The molecule has 0 saturated heterocycles. The van der Waals surface area contributed by atoms with E-state index in [0.717, 1.165) is 6.26 Å². The van der Waals surface area contributed by atoms with Crippen LogP contribution in [0.3, 0.4) is 0 Å². The zero-order chi connectivity index (χ0) is 23.5. The van der Waals surface area contributed by atoms with Gasteiger partial charge in [-0.2, -0.15) is 0 Å². The summed E-state index contributed by atoms with van der Waals surface area (Å²) < 4.78 is 45.4. The van der Waals surface area contributed by atoms with Crippen molar-refractivity contribution in [3.63, 3.8) is 0 Å². The number of carboxylic acids is 1. The molecule has 0 aliphatic carbocycles. The maximum atomic E-state index is 15.1. The van der Waals surface area contributed by atoms with Crippen LogP contribution in [0, 0.1) is 5.82 Å². The minimum Gasteiger partial charge on any atom is -0.489 e. The normalized spacial score (nSPS) is 12.4. The van der Waals surface area contributed by atoms with Crippen molar-refractivity contribution < 1.29 is 27.4 Å². The van der Waals surface area contributed by atoms with E-state index in [1.807, 2.05) is 0 Å². The topological polar surface area (TPSA) is 107 Å². The van der Waals surface area contributed by atoms with Gasteiger partial charge in [0.15, 0.2) is 9.84 Å². The molecule has 3 rings (SSSR count). The molecule has 8 heteroatoms. The molecule has 0 aliphatic heterocycles. The van der Waals surface area contributed by atoms with Crippen molar-refractivity contribution >= 4 is 15.8 Å². The van der Waals surface area contributed by atoms with Crippen molar-refractivity contribution in [1.82, 2.24) is 0 Å². The predicted molar refractivity (Wildman–Crippen MR) is 120 cm³/mol. The Kier molecular flexibility index (Phi) is 6.96. The number of ether oxygens (including phenoxy) is 1. The third-order valence-electron chi connectivity index (χ3n) is 4.93. The number of nitrogens with two attached hydrogens (primary N) is 1. The van der Waals surface area contributed by atoms with Crippen LogP contribution in [0.5, 0.6) is 5.75 Å². The first-order valence-corrected chi connectivity index (χ1v) is 11.8. The lowest BCUT2D eigenvalue weighted by Gasteiger charge is -2.15. The van der Waals surface area contributed by atoms with Crippen LogP contribution in [0.25, 0.3) is 11.1 Å². The van der Waals surface area contributed by atoms with E-state index >= 15 is 4.39 Å². The molecule has 0 fully saturated rings. The van der Waals surface area contributed by atoms with Crippen LogP contribution in [0.1, 0.15) is 29.7 Å². The van der Waals surface area contributed by atoms with Crippen molar-refractivity contribution in [2.24, 2.45) is 5.73 Å². The Morgan fingerprint density at radius 1 is 1.12 bits per heavy atom. The minimum absolute atomic E-state index is 0.0259. The lowest BCUT2D eigenvalue weighted by Crippen LogP contribution is -2.08. The van der Waals surface area contributed by atoms with Crippen molar-refractivity contribution in [3.8, 4) is 16.9 Å². The first-order valence-electron chi connectivity index (χ1n) is 9.87. The predicted octanol–water partition coefficient (Wildman–Crippen LogP) is 4.12. The number of benzene rings is 3. The Morgan fingerprint density at radius 2 is 1.84 bits per heavy atom. The third kappa shape index (κ3) is 5.52. The summed E-state index contributed by atoms with van der Waals surface area (Å²) in [6.45, 7) is 1.64. The zero-order valence-electron chi connectivity index (χ0n) is 17.7. The third-order valence-corrected chi connectivity index (χ3v) is 6.03. The molecule has 168 valence electrons. The second-order valence-corrected chi connectivity index (χ2v) is 9.62. The first-order chi connectivity index (χ1) is 15.1. The molecule has 0 saturated carbocycles. The Balaban J connectivity index is 2.02. The largest absolute Gasteiger partial charge is 0.489 e. The monoisotopic (exact) mass is 457 g/mol. The summed E-state index contributed by atoms with van der Waals surface area (Å²) in [6, 6.07) is 15.6. The molecule has 0 bridgehead atoms. The van der Waals surface area contributed by atoms with Gasteiger partial charge in [-0.3, -0.25) is 4.79 Å². The summed E-state index contributed by atoms with van der Waals surface area (Å²) in [5.74, 6) is -1.12. The van der Waals surface area contributed by atoms with Gasteiger partial charge in [-0.05, 0) is 42.3 Å². The molecular weight excluding hydrogens is 433 g/mol. The Hall–Kier alpha value is -3.23. The molecule has 3 N–H and O–H groups in total. The maximum Gasteiger partial charge on any atom is 0.307 e. The quantitative estimate of drug-likeness (QED) is 0.527. The summed E-state index contributed by atoms with van der Waals surface area (Å²) in [5.41, 5.74) is 7.79. The van der Waals surface area contributed by atoms with E-state index in [0.29, 0.717) is 28.0 Å². The number of sulfone groups is 1. The van der Waals surface area contributed by atoms with Crippen molar-refractivity contribution in [2.75, 3.05) is 6.26 Å². The van der Waals surface area contributed by atoms with Gasteiger partial charge in [0.25, 0.3) is 0 Å². The fourth-order valence-corrected chi connectivity index (χ4v) is 4.06. The van der Waals surface area contributed by atoms with Crippen molar-refractivity contribution in [2.45, 2.75) is 30.9 Å². The Morgan fingerprint density at radius 3 is 2.50 bits per heavy atom. The van der Waals surface area contributed by atoms with Gasteiger partial charge in [0.1, 0.15) is 18.2 Å². The molecule has 3 aromatic carbocycles. The van der Waals surface area contributed by atoms with Gasteiger partial charge >= 0.3 is 5.97 Å². The molecule has 0 aliphatic rings. The van der Waals surface area contributed by atoms with Crippen molar-refractivity contribution in [1.29, 1.82) is 0 Å². The lowest BCUT2D eigenvalue weighted by atomic mass is 9.98. The Bertz CT molecular complexity index is 1250. The van der Waals surface area contributed by atoms with E-state index < -0.39 is 27.7 Å². The Labute approximate surface area is 186 Å². The zero-order valence-corrected chi connectivity index (χ0v) is 18.5. The first kappa shape index (κ1) is 23.4. The molecule has 0 unspecified atom stereocenters. The number of carboxylic acid groups (broad SMARTS) is 1. The van der Waals surface area contributed by atoms with E-state index in [-0.39, 0.29) is 23.5 Å². The summed E-state index contributed by atoms with van der Waals surface area (Å²) in [7, 11) is -3.58. The maximum absolute atomic E-state index is 15.1. The highest BCUT2D eigenvalue weighted by Crippen LogP contribution is 2.31. The molecule has 1 atom stereocenters. The molecule has 0 radical (unpaired) electrons. The molecular formula is C24H24FNO5S. The van der Waals surface area contributed by atoms with E-state index in [1.165, 1.54) is 12.1 Å². The molecule has 0 heterocycles. The summed E-state index contributed by atoms with van der Waals surface area (Å²) >= 11 is 0. The second-order valence-electron chi connectivity index (χ2n) is 7.60. The number of rotatable bonds is 8. The molecule has 6 nitrogen and oxygen atoms in total. The summed E-state index contributed by atoms with van der Waals surface area (Å²) in [4.78, 5) is 11.1. The van der Waals surface area contributed by atoms with E-state index in [9.17, 15) is 13.2 Å².